The van der Waals surface area contributed by atoms with Crippen LogP contribution in [-0.2, 0) is 4.79 Å². The molecule has 0 atom stereocenters. The second-order valence-corrected chi connectivity index (χ2v) is 4.04. The average molecular weight is 248 g/mol. The summed E-state index contributed by atoms with van der Waals surface area (Å²) >= 11 is 0. The predicted molar refractivity (Wildman–Crippen MR) is 74.6 cm³/mol. The number of anilines is 1. The van der Waals surface area contributed by atoms with Crippen LogP contribution in [0.5, 0.6) is 0 Å². The lowest BCUT2D eigenvalue weighted by molar-refractivity contribution is -0.119. The van der Waals surface area contributed by atoms with Gasteiger partial charge >= 0.3 is 0 Å². The number of rotatable bonds is 5. The Labute approximate surface area is 107 Å². The van der Waals surface area contributed by atoms with Gasteiger partial charge in [-0.2, -0.15) is 0 Å². The van der Waals surface area contributed by atoms with E-state index in [0.717, 1.165) is 12.1 Å². The minimum Gasteiger partial charge on any atom is -0.370 e. The van der Waals surface area contributed by atoms with E-state index in [1.165, 1.54) is 5.56 Å². The summed E-state index contributed by atoms with van der Waals surface area (Å²) in [6.07, 6.45) is 0.909. The van der Waals surface area contributed by atoms with Crippen LogP contribution < -0.4 is 16.4 Å². The smallest absolute Gasteiger partial charge is 0.241 e. The lowest BCUT2D eigenvalue weighted by Gasteiger charge is -2.06. The number of carbonyl (C=O) groups excluding carboxylic acids is 1. The Morgan fingerprint density at radius 2 is 2.00 bits per heavy atom. The first kappa shape index (κ1) is 14.0. The Morgan fingerprint density at radius 3 is 2.61 bits per heavy atom. The van der Waals surface area contributed by atoms with Crippen molar-refractivity contribution in [3.63, 3.8) is 0 Å². The molecule has 0 aliphatic heterocycles. The lowest BCUT2D eigenvalue weighted by atomic mass is 10.2. The van der Waals surface area contributed by atoms with Gasteiger partial charge in [0.05, 0.1) is 0 Å². The van der Waals surface area contributed by atoms with Crippen LogP contribution >= 0.6 is 0 Å². The van der Waals surface area contributed by atoms with Crippen LogP contribution in [-0.4, -0.2) is 25.0 Å². The number of nitrogens with two attached hydrogens (primary N) is 1. The number of hydrogen-bond acceptors (Lipinski definition) is 2. The van der Waals surface area contributed by atoms with Crippen molar-refractivity contribution in [3.8, 4) is 0 Å². The molecular weight excluding hydrogens is 228 g/mol. The number of nitrogens with zero attached hydrogens (tertiary/aromatic N) is 1. The minimum atomic E-state index is -0.120. The molecule has 0 radical (unpaired) electrons. The van der Waals surface area contributed by atoms with Crippen molar-refractivity contribution in [1.29, 1.82) is 0 Å². The highest BCUT2D eigenvalue weighted by molar-refractivity contribution is 5.93. The molecule has 0 saturated heterocycles. The third-order valence-corrected chi connectivity index (χ3v) is 2.29. The second kappa shape index (κ2) is 7.32. The van der Waals surface area contributed by atoms with E-state index in [9.17, 15) is 4.79 Å². The maximum Gasteiger partial charge on any atom is 0.241 e. The quantitative estimate of drug-likeness (QED) is 0.542. The third-order valence-electron chi connectivity index (χ3n) is 2.29. The molecule has 98 valence electrons. The zero-order chi connectivity index (χ0) is 13.4. The van der Waals surface area contributed by atoms with Crippen molar-refractivity contribution in [2.24, 2.45) is 10.7 Å². The topological polar surface area (TPSA) is 79.5 Å². The monoisotopic (exact) mass is 248 g/mol. The van der Waals surface area contributed by atoms with Crippen LogP contribution in [0.2, 0.25) is 0 Å². The highest BCUT2D eigenvalue weighted by atomic mass is 16.1. The van der Waals surface area contributed by atoms with Gasteiger partial charge in [0.15, 0.2) is 5.96 Å². The van der Waals surface area contributed by atoms with Crippen molar-refractivity contribution in [3.05, 3.63) is 29.8 Å². The maximum atomic E-state index is 11.3. The summed E-state index contributed by atoms with van der Waals surface area (Å²) in [5.74, 6) is 0.121. The van der Waals surface area contributed by atoms with E-state index >= 15 is 0 Å². The highest BCUT2D eigenvalue weighted by Gasteiger charge is 1.99. The summed E-state index contributed by atoms with van der Waals surface area (Å²) in [4.78, 5) is 15.3. The minimum absolute atomic E-state index is 0.0463. The molecule has 1 aromatic carbocycles. The zero-order valence-electron chi connectivity index (χ0n) is 10.9. The number of carbonyl (C=O) groups is 1. The summed E-state index contributed by atoms with van der Waals surface area (Å²) in [6, 6.07) is 7.77. The van der Waals surface area contributed by atoms with Gasteiger partial charge in [-0.25, -0.2) is 4.99 Å². The third kappa shape index (κ3) is 5.34. The lowest BCUT2D eigenvalue weighted by Crippen LogP contribution is -2.29. The first-order valence-corrected chi connectivity index (χ1v) is 6.02. The molecule has 1 amide bonds. The number of nitrogens with one attached hydrogen (secondary N) is 2. The van der Waals surface area contributed by atoms with Gasteiger partial charge in [-0.05, 0) is 25.5 Å². The Kier molecular flexibility index (Phi) is 5.70. The van der Waals surface area contributed by atoms with Crippen LogP contribution in [0.25, 0.3) is 0 Å². The molecule has 1 aromatic rings. The molecule has 0 saturated carbocycles. The van der Waals surface area contributed by atoms with Gasteiger partial charge in [0, 0.05) is 12.2 Å². The predicted octanol–water partition coefficient (Wildman–Crippen LogP) is 1.25. The van der Waals surface area contributed by atoms with Crippen molar-refractivity contribution in [2.45, 2.75) is 20.3 Å². The number of benzene rings is 1. The highest BCUT2D eigenvalue weighted by Crippen LogP contribution is 2.07. The van der Waals surface area contributed by atoms with Gasteiger partial charge in [0.25, 0.3) is 0 Å². The van der Waals surface area contributed by atoms with Crippen LogP contribution in [0.3, 0.4) is 0 Å². The Balaban J connectivity index is 2.42. The summed E-state index contributed by atoms with van der Waals surface area (Å²) in [5, 5.41) is 5.66. The number of guanidine groups is 1. The number of aliphatic imine (C=N–C) groups is 1. The van der Waals surface area contributed by atoms with E-state index < -0.39 is 0 Å². The molecule has 5 heteroatoms. The Morgan fingerprint density at radius 1 is 1.33 bits per heavy atom. The SMILES string of the molecule is CCCNC(=O)CN=C(N)Nc1ccc(C)cc1. The number of amides is 1. The van der Waals surface area contributed by atoms with Crippen molar-refractivity contribution >= 4 is 17.6 Å². The second-order valence-electron chi connectivity index (χ2n) is 4.04. The summed E-state index contributed by atoms with van der Waals surface area (Å²) in [7, 11) is 0. The molecule has 0 bridgehead atoms. The van der Waals surface area contributed by atoms with Gasteiger partial charge in [0.2, 0.25) is 5.91 Å². The fourth-order valence-corrected chi connectivity index (χ4v) is 1.30. The molecule has 0 aliphatic rings. The standard InChI is InChI=1S/C13H20N4O/c1-3-8-15-12(18)9-16-13(14)17-11-6-4-10(2)5-7-11/h4-7H,3,8-9H2,1-2H3,(H,15,18)(H3,14,16,17). The molecule has 0 unspecified atom stereocenters. The van der Waals surface area contributed by atoms with E-state index in [1.54, 1.807) is 0 Å². The molecule has 1 rings (SSSR count). The largest absolute Gasteiger partial charge is 0.370 e. The molecule has 0 aromatic heterocycles. The Bertz CT molecular complexity index is 412. The van der Waals surface area contributed by atoms with Crippen LogP contribution in [0, 0.1) is 6.92 Å². The molecule has 0 spiro atoms. The first-order chi connectivity index (χ1) is 8.61. The van der Waals surface area contributed by atoms with Crippen LogP contribution in [0.15, 0.2) is 29.3 Å². The van der Waals surface area contributed by atoms with Gasteiger partial charge < -0.3 is 16.4 Å². The van der Waals surface area contributed by atoms with E-state index in [1.807, 2.05) is 38.1 Å². The zero-order valence-corrected chi connectivity index (χ0v) is 10.9. The number of aryl methyl sites for hydroxylation is 1. The molecule has 5 nitrogen and oxygen atoms in total. The molecule has 18 heavy (non-hydrogen) atoms. The maximum absolute atomic E-state index is 11.3. The molecule has 0 aliphatic carbocycles. The molecule has 0 fully saturated rings. The van der Waals surface area contributed by atoms with Gasteiger partial charge in [0.1, 0.15) is 6.54 Å². The molecular formula is C13H20N4O. The van der Waals surface area contributed by atoms with Crippen molar-refractivity contribution < 1.29 is 4.79 Å². The van der Waals surface area contributed by atoms with E-state index in [0.29, 0.717) is 6.54 Å². The summed E-state index contributed by atoms with van der Waals surface area (Å²) in [5.41, 5.74) is 7.71. The van der Waals surface area contributed by atoms with Crippen LogP contribution in [0.1, 0.15) is 18.9 Å². The summed E-state index contributed by atoms with van der Waals surface area (Å²) in [6.45, 7) is 4.72. The van der Waals surface area contributed by atoms with E-state index in [2.05, 4.69) is 15.6 Å². The molecule has 4 N–H and O–H groups in total. The van der Waals surface area contributed by atoms with Crippen molar-refractivity contribution in [1.82, 2.24) is 5.32 Å². The van der Waals surface area contributed by atoms with Gasteiger partial charge in [-0.3, -0.25) is 4.79 Å². The van der Waals surface area contributed by atoms with Crippen molar-refractivity contribution in [2.75, 3.05) is 18.4 Å². The van der Waals surface area contributed by atoms with Gasteiger partial charge in [-0.15, -0.1) is 0 Å². The first-order valence-electron chi connectivity index (χ1n) is 6.02. The fraction of sp³-hybridized carbons (Fsp3) is 0.385. The Hall–Kier alpha value is -2.04. The molecule has 0 heterocycles. The summed E-state index contributed by atoms with van der Waals surface area (Å²) < 4.78 is 0. The normalized spacial score (nSPS) is 11.1. The number of hydrogen-bond donors (Lipinski definition) is 3. The van der Waals surface area contributed by atoms with Crippen LogP contribution in [0.4, 0.5) is 5.69 Å². The average Bonchev–Trinajstić information content (AvgIpc) is 2.36. The van der Waals surface area contributed by atoms with E-state index in [-0.39, 0.29) is 18.4 Å². The van der Waals surface area contributed by atoms with E-state index in [4.69, 9.17) is 5.73 Å². The van der Waals surface area contributed by atoms with Gasteiger partial charge in [-0.1, -0.05) is 24.6 Å². The fourth-order valence-electron chi connectivity index (χ4n) is 1.30.